The first-order valence-electron chi connectivity index (χ1n) is 8.68. The summed E-state index contributed by atoms with van der Waals surface area (Å²) in [6, 6.07) is 7.47. The van der Waals surface area contributed by atoms with E-state index in [0.717, 1.165) is 5.56 Å². The van der Waals surface area contributed by atoms with Crippen molar-refractivity contribution in [2.45, 2.75) is 32.1 Å². The molecule has 1 fully saturated rings. The van der Waals surface area contributed by atoms with Gasteiger partial charge < -0.3 is 4.90 Å². The fraction of sp³-hybridized carbons (Fsp3) is 0.444. The molecule has 2 heterocycles. The Hall–Kier alpha value is -2.19. The van der Waals surface area contributed by atoms with Crippen molar-refractivity contribution in [3.8, 4) is 0 Å². The second kappa shape index (κ2) is 7.20. The summed E-state index contributed by atoms with van der Waals surface area (Å²) in [6.07, 6.45) is 0.604. The topological polar surface area (TPSA) is 86.4 Å². The third-order valence-corrected chi connectivity index (χ3v) is 6.83. The standard InChI is InChI=1S/C18H24N4O3S/c1-13-6-4-7-16(12-13)18(23)21-8-5-9-22(11-10-21)26(24,25)17-14(2)19-20-15(17)3/h4,6-7,12H,5,8-11H2,1-3H3,(H,19,20). The van der Waals surface area contributed by atoms with E-state index in [-0.39, 0.29) is 17.3 Å². The molecule has 1 amide bonds. The van der Waals surface area contributed by atoms with E-state index in [1.165, 1.54) is 4.31 Å². The van der Waals surface area contributed by atoms with Crippen molar-refractivity contribution in [3.05, 3.63) is 46.8 Å². The zero-order valence-corrected chi connectivity index (χ0v) is 16.1. The van der Waals surface area contributed by atoms with Gasteiger partial charge in [0.25, 0.3) is 5.91 Å². The van der Waals surface area contributed by atoms with E-state index in [0.29, 0.717) is 43.0 Å². The van der Waals surface area contributed by atoms with Crippen molar-refractivity contribution in [1.29, 1.82) is 0 Å². The monoisotopic (exact) mass is 376 g/mol. The molecule has 0 saturated carbocycles. The van der Waals surface area contributed by atoms with Gasteiger partial charge in [-0.3, -0.25) is 9.89 Å². The van der Waals surface area contributed by atoms with Crippen LogP contribution in [0.15, 0.2) is 29.2 Å². The molecule has 1 aromatic heterocycles. The van der Waals surface area contributed by atoms with Crippen LogP contribution in [0.1, 0.15) is 33.7 Å². The van der Waals surface area contributed by atoms with E-state index in [9.17, 15) is 13.2 Å². The normalized spacial score (nSPS) is 16.5. The Labute approximate surface area is 154 Å². The molecular formula is C18H24N4O3S. The molecule has 1 N–H and O–H groups in total. The van der Waals surface area contributed by atoms with Gasteiger partial charge in [-0.1, -0.05) is 17.7 Å². The Morgan fingerprint density at radius 2 is 1.88 bits per heavy atom. The predicted molar refractivity (Wildman–Crippen MR) is 98.5 cm³/mol. The number of carbonyl (C=O) groups is 1. The highest BCUT2D eigenvalue weighted by molar-refractivity contribution is 7.89. The number of hydrogen-bond donors (Lipinski definition) is 1. The molecule has 7 nitrogen and oxygen atoms in total. The number of aromatic nitrogens is 2. The highest BCUT2D eigenvalue weighted by Crippen LogP contribution is 2.23. The van der Waals surface area contributed by atoms with Crippen LogP contribution >= 0.6 is 0 Å². The van der Waals surface area contributed by atoms with Crippen molar-refractivity contribution in [2.75, 3.05) is 26.2 Å². The van der Waals surface area contributed by atoms with Crippen molar-refractivity contribution < 1.29 is 13.2 Å². The second-order valence-corrected chi connectivity index (χ2v) is 8.56. The van der Waals surface area contributed by atoms with Gasteiger partial charge in [-0.15, -0.1) is 0 Å². The number of amides is 1. The minimum absolute atomic E-state index is 0.0522. The predicted octanol–water partition coefficient (Wildman–Crippen LogP) is 1.87. The van der Waals surface area contributed by atoms with Crippen LogP contribution in [-0.2, 0) is 10.0 Å². The Bertz CT molecular complexity index is 901. The van der Waals surface area contributed by atoms with E-state index >= 15 is 0 Å². The second-order valence-electron chi connectivity index (χ2n) is 6.68. The van der Waals surface area contributed by atoms with Gasteiger partial charge in [0.05, 0.1) is 11.4 Å². The molecule has 0 aliphatic carbocycles. The first-order valence-corrected chi connectivity index (χ1v) is 10.1. The smallest absolute Gasteiger partial charge is 0.253 e. The molecule has 1 aliphatic rings. The number of aryl methyl sites for hydroxylation is 3. The first kappa shape index (κ1) is 18.6. The van der Waals surface area contributed by atoms with Crippen LogP contribution < -0.4 is 0 Å². The van der Waals surface area contributed by atoms with Crippen molar-refractivity contribution in [2.24, 2.45) is 0 Å². The average molecular weight is 376 g/mol. The first-order chi connectivity index (χ1) is 12.3. The van der Waals surface area contributed by atoms with E-state index in [2.05, 4.69) is 10.2 Å². The van der Waals surface area contributed by atoms with Crippen LogP contribution in [0.25, 0.3) is 0 Å². The lowest BCUT2D eigenvalue weighted by atomic mass is 10.1. The Kier molecular flexibility index (Phi) is 5.15. The van der Waals surface area contributed by atoms with Gasteiger partial charge in [-0.25, -0.2) is 8.42 Å². The summed E-state index contributed by atoms with van der Waals surface area (Å²) in [5, 5.41) is 6.73. The van der Waals surface area contributed by atoms with E-state index in [1.807, 2.05) is 25.1 Å². The lowest BCUT2D eigenvalue weighted by molar-refractivity contribution is 0.0764. The maximum absolute atomic E-state index is 13.0. The minimum atomic E-state index is -3.62. The summed E-state index contributed by atoms with van der Waals surface area (Å²) in [5.74, 6) is -0.0522. The lowest BCUT2D eigenvalue weighted by Crippen LogP contribution is -2.37. The number of sulfonamides is 1. The van der Waals surface area contributed by atoms with Gasteiger partial charge >= 0.3 is 0 Å². The number of nitrogens with one attached hydrogen (secondary N) is 1. The van der Waals surface area contributed by atoms with Gasteiger partial charge in [0.15, 0.2) is 0 Å². The summed E-state index contributed by atoms with van der Waals surface area (Å²) in [6.45, 7) is 6.93. The largest absolute Gasteiger partial charge is 0.337 e. The van der Waals surface area contributed by atoms with Crippen LogP contribution in [0.3, 0.4) is 0 Å². The van der Waals surface area contributed by atoms with Crippen LogP contribution in [-0.4, -0.2) is 59.9 Å². The SMILES string of the molecule is Cc1cccc(C(=O)N2CCCN(S(=O)(=O)c3c(C)n[nH]c3C)CC2)c1. The van der Waals surface area contributed by atoms with Gasteiger partial charge in [-0.05, 0) is 39.3 Å². The summed E-state index contributed by atoms with van der Waals surface area (Å²) in [4.78, 5) is 14.7. The molecule has 3 rings (SSSR count). The number of H-pyrrole nitrogens is 1. The van der Waals surface area contributed by atoms with Gasteiger partial charge in [0.1, 0.15) is 4.90 Å². The molecule has 1 saturated heterocycles. The molecule has 0 bridgehead atoms. The molecule has 8 heteroatoms. The lowest BCUT2D eigenvalue weighted by Gasteiger charge is -2.22. The number of hydrogen-bond acceptors (Lipinski definition) is 4. The highest BCUT2D eigenvalue weighted by Gasteiger charge is 2.32. The Balaban J connectivity index is 1.77. The fourth-order valence-electron chi connectivity index (χ4n) is 3.35. The van der Waals surface area contributed by atoms with Crippen LogP contribution in [0.4, 0.5) is 0 Å². The molecule has 140 valence electrons. The molecule has 0 unspecified atom stereocenters. The minimum Gasteiger partial charge on any atom is -0.337 e. The van der Waals surface area contributed by atoms with E-state index in [1.54, 1.807) is 24.8 Å². The zero-order valence-electron chi connectivity index (χ0n) is 15.3. The molecule has 2 aromatic rings. The average Bonchev–Trinajstić information content (AvgIpc) is 2.81. The molecule has 1 aliphatic heterocycles. The maximum atomic E-state index is 13.0. The molecule has 0 spiro atoms. The summed E-state index contributed by atoms with van der Waals surface area (Å²) in [5.41, 5.74) is 2.68. The van der Waals surface area contributed by atoms with Gasteiger partial charge in [-0.2, -0.15) is 9.40 Å². The Morgan fingerprint density at radius 3 is 2.54 bits per heavy atom. The fourth-order valence-corrected chi connectivity index (χ4v) is 5.15. The van der Waals surface area contributed by atoms with Gasteiger partial charge in [0, 0.05) is 31.7 Å². The Morgan fingerprint density at radius 1 is 1.12 bits per heavy atom. The van der Waals surface area contributed by atoms with Gasteiger partial charge in [0.2, 0.25) is 10.0 Å². The molecule has 0 atom stereocenters. The number of nitrogens with zero attached hydrogens (tertiary/aromatic N) is 3. The van der Waals surface area contributed by atoms with Crippen molar-refractivity contribution in [3.63, 3.8) is 0 Å². The van der Waals surface area contributed by atoms with Crippen molar-refractivity contribution in [1.82, 2.24) is 19.4 Å². The maximum Gasteiger partial charge on any atom is 0.253 e. The van der Waals surface area contributed by atoms with E-state index in [4.69, 9.17) is 0 Å². The molecular weight excluding hydrogens is 352 g/mol. The number of benzene rings is 1. The quantitative estimate of drug-likeness (QED) is 0.886. The summed E-state index contributed by atoms with van der Waals surface area (Å²) in [7, 11) is -3.62. The molecule has 1 aromatic carbocycles. The van der Waals surface area contributed by atoms with Crippen LogP contribution in [0.5, 0.6) is 0 Å². The van der Waals surface area contributed by atoms with E-state index < -0.39 is 10.0 Å². The number of rotatable bonds is 3. The zero-order chi connectivity index (χ0) is 18.9. The molecule has 0 radical (unpaired) electrons. The third-order valence-electron chi connectivity index (χ3n) is 4.67. The summed E-state index contributed by atoms with van der Waals surface area (Å²) < 4.78 is 27.5. The highest BCUT2D eigenvalue weighted by atomic mass is 32.2. The number of aromatic amines is 1. The van der Waals surface area contributed by atoms with Crippen LogP contribution in [0.2, 0.25) is 0 Å². The number of carbonyl (C=O) groups excluding carboxylic acids is 1. The summed E-state index contributed by atoms with van der Waals surface area (Å²) >= 11 is 0. The molecule has 26 heavy (non-hydrogen) atoms. The third kappa shape index (κ3) is 3.52. The van der Waals surface area contributed by atoms with Crippen LogP contribution in [0, 0.1) is 20.8 Å². The van der Waals surface area contributed by atoms with Crippen molar-refractivity contribution >= 4 is 15.9 Å².